The van der Waals surface area contributed by atoms with Crippen LogP contribution in [0.15, 0.2) is 12.1 Å². The second-order valence-corrected chi connectivity index (χ2v) is 5.41. The van der Waals surface area contributed by atoms with Crippen LogP contribution in [-0.4, -0.2) is 23.4 Å². The number of nitrogens with one attached hydrogen (secondary N) is 1. The molecule has 6 heteroatoms. The second-order valence-electron chi connectivity index (χ2n) is 5.41. The van der Waals surface area contributed by atoms with Crippen LogP contribution in [0.25, 0.3) is 0 Å². The van der Waals surface area contributed by atoms with Crippen molar-refractivity contribution < 1.29 is 13.6 Å². The largest absolute Gasteiger partial charge is 0.335 e. The van der Waals surface area contributed by atoms with Gasteiger partial charge >= 0.3 is 0 Å². The van der Waals surface area contributed by atoms with E-state index in [1.165, 1.54) is 0 Å². The van der Waals surface area contributed by atoms with Crippen LogP contribution in [0.5, 0.6) is 0 Å². The topological polar surface area (TPSA) is 58.4 Å². The number of nitrogen functional groups attached to an aromatic ring is 1. The van der Waals surface area contributed by atoms with Crippen LogP contribution in [0.2, 0.25) is 0 Å². The summed E-state index contributed by atoms with van der Waals surface area (Å²) in [5.41, 5.74) is 1.54. The number of nitrogens with zero attached hydrogens (tertiary/aromatic N) is 1. The summed E-state index contributed by atoms with van der Waals surface area (Å²) < 4.78 is 27.3. The van der Waals surface area contributed by atoms with Gasteiger partial charge in [-0.25, -0.2) is 8.78 Å². The minimum Gasteiger partial charge on any atom is -0.335 e. The molecule has 0 aromatic heterocycles. The third kappa shape index (κ3) is 2.60. The average molecular weight is 283 g/mol. The number of halogens is 2. The van der Waals surface area contributed by atoms with E-state index in [0.717, 1.165) is 25.0 Å². The van der Waals surface area contributed by atoms with Gasteiger partial charge < -0.3 is 10.3 Å². The normalized spacial score (nSPS) is 18.7. The number of carbonyl (C=O) groups is 1. The van der Waals surface area contributed by atoms with E-state index in [1.807, 2.05) is 19.3 Å². The summed E-state index contributed by atoms with van der Waals surface area (Å²) in [6, 6.07) is 2.17. The zero-order valence-corrected chi connectivity index (χ0v) is 11.6. The van der Waals surface area contributed by atoms with E-state index < -0.39 is 17.3 Å². The molecule has 1 aliphatic rings. The number of benzene rings is 1. The van der Waals surface area contributed by atoms with Crippen LogP contribution in [0.4, 0.5) is 14.5 Å². The smallest absolute Gasteiger partial charge is 0.254 e. The molecule has 1 heterocycles. The molecule has 1 amide bonds. The van der Waals surface area contributed by atoms with Gasteiger partial charge in [-0.2, -0.15) is 0 Å². The van der Waals surface area contributed by atoms with Crippen LogP contribution in [-0.2, 0) is 0 Å². The van der Waals surface area contributed by atoms with Crippen molar-refractivity contribution in [3.8, 4) is 0 Å². The first-order valence-corrected chi connectivity index (χ1v) is 6.72. The van der Waals surface area contributed by atoms with E-state index in [1.54, 1.807) is 4.90 Å². The van der Waals surface area contributed by atoms with E-state index in [4.69, 9.17) is 5.84 Å². The fraction of sp³-hybridized carbons (Fsp3) is 0.500. The molecule has 2 rings (SSSR count). The van der Waals surface area contributed by atoms with Gasteiger partial charge in [-0.3, -0.25) is 10.6 Å². The van der Waals surface area contributed by atoms with Crippen molar-refractivity contribution in [3.05, 3.63) is 29.3 Å². The predicted octanol–water partition coefficient (Wildman–Crippen LogP) is 2.51. The molecule has 0 spiro atoms. The van der Waals surface area contributed by atoms with Crippen molar-refractivity contribution in [3.63, 3.8) is 0 Å². The molecule has 110 valence electrons. The summed E-state index contributed by atoms with van der Waals surface area (Å²) in [7, 11) is 0. The maximum atomic E-state index is 13.7. The molecule has 1 aliphatic heterocycles. The fourth-order valence-electron chi connectivity index (χ4n) is 2.74. The van der Waals surface area contributed by atoms with E-state index >= 15 is 0 Å². The Bertz CT molecular complexity index is 496. The van der Waals surface area contributed by atoms with Crippen molar-refractivity contribution in [2.45, 2.75) is 32.7 Å². The summed E-state index contributed by atoms with van der Waals surface area (Å²) in [6.07, 6.45) is 1.85. The maximum Gasteiger partial charge on any atom is 0.254 e. The van der Waals surface area contributed by atoms with Crippen LogP contribution in [0.1, 0.15) is 37.0 Å². The van der Waals surface area contributed by atoms with Crippen LogP contribution in [0.3, 0.4) is 0 Å². The number of nitrogens with two attached hydrogens (primary N) is 1. The number of rotatable bonds is 3. The number of hydrogen-bond acceptors (Lipinski definition) is 3. The molecule has 0 radical (unpaired) electrons. The third-order valence-corrected chi connectivity index (χ3v) is 3.76. The zero-order valence-electron chi connectivity index (χ0n) is 11.6. The number of likely N-dealkylation sites (tertiary alicyclic amines) is 1. The fourth-order valence-corrected chi connectivity index (χ4v) is 2.74. The Morgan fingerprint density at radius 1 is 1.40 bits per heavy atom. The highest BCUT2D eigenvalue weighted by Crippen LogP contribution is 2.27. The number of hydrazine groups is 1. The molecule has 0 saturated carbocycles. The van der Waals surface area contributed by atoms with Crippen molar-refractivity contribution in [1.82, 2.24) is 4.90 Å². The van der Waals surface area contributed by atoms with E-state index in [-0.39, 0.29) is 17.5 Å². The predicted molar refractivity (Wildman–Crippen MR) is 73.1 cm³/mol. The van der Waals surface area contributed by atoms with Gasteiger partial charge in [0.25, 0.3) is 5.91 Å². The maximum absolute atomic E-state index is 13.7. The SMILES string of the molecule is CC(C)C1CCCN1C(=O)c1cc(F)c(NN)c(F)c1. The Hall–Kier alpha value is -1.69. The number of amides is 1. The summed E-state index contributed by atoms with van der Waals surface area (Å²) in [5, 5.41) is 0. The zero-order chi connectivity index (χ0) is 14.9. The molecule has 1 aromatic rings. The van der Waals surface area contributed by atoms with E-state index in [0.29, 0.717) is 12.5 Å². The number of anilines is 1. The highest BCUT2D eigenvalue weighted by Gasteiger charge is 2.32. The van der Waals surface area contributed by atoms with Crippen molar-refractivity contribution in [2.75, 3.05) is 12.0 Å². The summed E-state index contributed by atoms with van der Waals surface area (Å²) in [6.45, 7) is 4.71. The van der Waals surface area contributed by atoms with Crippen molar-refractivity contribution in [1.29, 1.82) is 0 Å². The third-order valence-electron chi connectivity index (χ3n) is 3.76. The lowest BCUT2D eigenvalue weighted by atomic mass is 10.0. The quantitative estimate of drug-likeness (QED) is 0.662. The van der Waals surface area contributed by atoms with Gasteiger partial charge in [0.15, 0.2) is 11.6 Å². The minimum absolute atomic E-state index is 0.0200. The minimum atomic E-state index is -0.865. The lowest BCUT2D eigenvalue weighted by molar-refractivity contribution is 0.0700. The Balaban J connectivity index is 2.30. The van der Waals surface area contributed by atoms with Crippen LogP contribution < -0.4 is 11.3 Å². The van der Waals surface area contributed by atoms with Gasteiger partial charge in [0, 0.05) is 18.2 Å². The van der Waals surface area contributed by atoms with Crippen molar-refractivity contribution >= 4 is 11.6 Å². The first-order valence-electron chi connectivity index (χ1n) is 6.72. The molecule has 1 atom stereocenters. The molecule has 1 unspecified atom stereocenters. The van der Waals surface area contributed by atoms with Crippen LogP contribution >= 0.6 is 0 Å². The highest BCUT2D eigenvalue weighted by atomic mass is 19.1. The van der Waals surface area contributed by atoms with Gasteiger partial charge in [-0.1, -0.05) is 13.8 Å². The Morgan fingerprint density at radius 2 is 2.00 bits per heavy atom. The van der Waals surface area contributed by atoms with Gasteiger partial charge in [-0.05, 0) is 30.9 Å². The van der Waals surface area contributed by atoms with E-state index in [2.05, 4.69) is 0 Å². The Kier molecular flexibility index (Phi) is 4.23. The first kappa shape index (κ1) is 14.7. The van der Waals surface area contributed by atoms with Gasteiger partial charge in [0.1, 0.15) is 5.69 Å². The lowest BCUT2D eigenvalue weighted by Gasteiger charge is -2.27. The van der Waals surface area contributed by atoms with Gasteiger partial charge in [0.2, 0.25) is 0 Å². The van der Waals surface area contributed by atoms with Gasteiger partial charge in [-0.15, -0.1) is 0 Å². The second kappa shape index (κ2) is 5.75. The Morgan fingerprint density at radius 3 is 2.50 bits per heavy atom. The molecule has 0 bridgehead atoms. The summed E-state index contributed by atoms with van der Waals surface area (Å²) in [4.78, 5) is 14.1. The monoisotopic (exact) mass is 283 g/mol. The molecule has 20 heavy (non-hydrogen) atoms. The molecule has 3 N–H and O–H groups in total. The van der Waals surface area contributed by atoms with E-state index in [9.17, 15) is 13.6 Å². The standard InChI is InChI=1S/C14H19F2N3O/c1-8(2)12-4-3-5-19(12)14(20)9-6-10(15)13(18-17)11(16)7-9/h6-8,12,18H,3-5,17H2,1-2H3. The first-order chi connectivity index (χ1) is 9.45. The summed E-state index contributed by atoms with van der Waals surface area (Å²) in [5.74, 6) is 3.30. The Labute approximate surface area is 116 Å². The molecule has 4 nitrogen and oxygen atoms in total. The van der Waals surface area contributed by atoms with Crippen molar-refractivity contribution in [2.24, 2.45) is 11.8 Å². The highest BCUT2D eigenvalue weighted by molar-refractivity contribution is 5.95. The molecule has 1 saturated heterocycles. The average Bonchev–Trinajstić information content (AvgIpc) is 2.86. The molecular weight excluding hydrogens is 264 g/mol. The summed E-state index contributed by atoms with van der Waals surface area (Å²) >= 11 is 0. The molecular formula is C14H19F2N3O. The van der Waals surface area contributed by atoms with Gasteiger partial charge in [0.05, 0.1) is 0 Å². The molecule has 1 aromatic carbocycles. The molecule has 0 aliphatic carbocycles. The van der Waals surface area contributed by atoms with Crippen LogP contribution in [0, 0.1) is 17.6 Å². The lowest BCUT2D eigenvalue weighted by Crippen LogP contribution is -2.38. The number of hydrogen-bond donors (Lipinski definition) is 2. The number of carbonyl (C=O) groups excluding carboxylic acids is 1. The molecule has 1 fully saturated rings.